The summed E-state index contributed by atoms with van der Waals surface area (Å²) >= 11 is 0. The number of anilines is 2. The molecule has 0 saturated carbocycles. The number of amides is 1. The summed E-state index contributed by atoms with van der Waals surface area (Å²) in [5, 5.41) is 0. The Morgan fingerprint density at radius 1 is 1.25 bits per heavy atom. The van der Waals surface area contributed by atoms with E-state index in [1.807, 2.05) is 0 Å². The highest BCUT2D eigenvalue weighted by Crippen LogP contribution is 2.24. The summed E-state index contributed by atoms with van der Waals surface area (Å²) < 4.78 is 18.7. The normalized spacial score (nSPS) is 10.2. The Morgan fingerprint density at radius 3 is 2.55 bits per heavy atom. The Morgan fingerprint density at radius 2 is 1.95 bits per heavy atom. The number of rotatable bonds is 3. The van der Waals surface area contributed by atoms with Crippen LogP contribution in [-0.4, -0.2) is 20.1 Å². The predicted molar refractivity (Wildman–Crippen MR) is 76.5 cm³/mol. The average molecular weight is 274 g/mol. The van der Waals surface area contributed by atoms with Crippen LogP contribution in [0.1, 0.15) is 10.4 Å². The molecule has 0 aliphatic heterocycles. The van der Waals surface area contributed by atoms with Gasteiger partial charge < -0.3 is 15.4 Å². The highest BCUT2D eigenvalue weighted by Gasteiger charge is 2.18. The number of nitrogen functional groups attached to an aromatic ring is 1. The zero-order valence-corrected chi connectivity index (χ0v) is 11.3. The van der Waals surface area contributed by atoms with Crippen molar-refractivity contribution in [1.29, 1.82) is 0 Å². The Kier molecular flexibility index (Phi) is 3.89. The first-order valence-corrected chi connectivity index (χ1v) is 6.00. The second kappa shape index (κ2) is 5.61. The lowest BCUT2D eigenvalue weighted by atomic mass is 10.1. The first-order valence-electron chi connectivity index (χ1n) is 6.00. The van der Waals surface area contributed by atoms with Gasteiger partial charge in [0, 0.05) is 18.8 Å². The molecule has 0 aromatic heterocycles. The summed E-state index contributed by atoms with van der Waals surface area (Å²) in [6, 6.07) is 10.8. The van der Waals surface area contributed by atoms with E-state index in [0.717, 1.165) is 0 Å². The molecular weight excluding hydrogens is 259 g/mol. The summed E-state index contributed by atoms with van der Waals surface area (Å²) in [7, 11) is 3.02. The molecule has 0 radical (unpaired) electrons. The molecule has 2 N–H and O–H groups in total. The molecule has 20 heavy (non-hydrogen) atoms. The molecule has 2 aromatic rings. The van der Waals surface area contributed by atoms with E-state index in [-0.39, 0.29) is 17.3 Å². The summed E-state index contributed by atoms with van der Waals surface area (Å²) in [5.74, 6) is -0.279. The molecule has 4 nitrogen and oxygen atoms in total. The van der Waals surface area contributed by atoms with Gasteiger partial charge in [0.25, 0.3) is 5.91 Å². The molecule has 104 valence electrons. The molecule has 0 aliphatic carbocycles. The van der Waals surface area contributed by atoms with Crippen molar-refractivity contribution in [1.82, 2.24) is 0 Å². The number of nitrogens with zero attached hydrogens (tertiary/aromatic N) is 1. The number of benzene rings is 2. The number of carbonyl (C=O) groups excluding carboxylic acids is 1. The quantitative estimate of drug-likeness (QED) is 0.875. The van der Waals surface area contributed by atoms with Gasteiger partial charge in [0.2, 0.25) is 0 Å². The van der Waals surface area contributed by atoms with Crippen LogP contribution in [0.15, 0.2) is 42.5 Å². The van der Waals surface area contributed by atoms with Gasteiger partial charge in [-0.05, 0) is 24.3 Å². The second-order valence-electron chi connectivity index (χ2n) is 4.27. The Hall–Kier alpha value is -2.56. The van der Waals surface area contributed by atoms with Crippen molar-refractivity contribution in [3.63, 3.8) is 0 Å². The van der Waals surface area contributed by atoms with E-state index in [9.17, 15) is 9.18 Å². The summed E-state index contributed by atoms with van der Waals surface area (Å²) in [6.07, 6.45) is 0. The molecule has 0 spiro atoms. The van der Waals surface area contributed by atoms with E-state index in [4.69, 9.17) is 10.5 Å². The highest BCUT2D eigenvalue weighted by molar-refractivity contribution is 6.09. The molecule has 5 heteroatoms. The largest absolute Gasteiger partial charge is 0.497 e. The van der Waals surface area contributed by atoms with Crippen LogP contribution < -0.4 is 15.4 Å². The smallest absolute Gasteiger partial charge is 0.260 e. The third kappa shape index (κ3) is 2.56. The minimum absolute atomic E-state index is 0.202. The van der Waals surface area contributed by atoms with Gasteiger partial charge in [-0.1, -0.05) is 12.1 Å². The van der Waals surface area contributed by atoms with Gasteiger partial charge in [0.05, 0.1) is 18.4 Å². The van der Waals surface area contributed by atoms with Gasteiger partial charge in [0.15, 0.2) is 0 Å². The minimum Gasteiger partial charge on any atom is -0.497 e. The molecule has 1 amide bonds. The number of para-hydroxylation sites is 1. The zero-order chi connectivity index (χ0) is 14.7. The fourth-order valence-electron chi connectivity index (χ4n) is 1.88. The van der Waals surface area contributed by atoms with Gasteiger partial charge in [-0.15, -0.1) is 0 Å². The summed E-state index contributed by atoms with van der Waals surface area (Å²) in [6.45, 7) is 0. The third-order valence-corrected chi connectivity index (χ3v) is 3.01. The fourth-order valence-corrected chi connectivity index (χ4v) is 1.88. The van der Waals surface area contributed by atoms with Gasteiger partial charge in [-0.3, -0.25) is 4.79 Å². The molecule has 0 unspecified atom stereocenters. The number of halogens is 1. The van der Waals surface area contributed by atoms with Crippen LogP contribution in [0.25, 0.3) is 0 Å². The fraction of sp³-hybridized carbons (Fsp3) is 0.133. The van der Waals surface area contributed by atoms with E-state index in [1.54, 1.807) is 30.3 Å². The average Bonchev–Trinajstić information content (AvgIpc) is 2.46. The Balaban J connectivity index is 2.34. The first-order chi connectivity index (χ1) is 9.54. The Labute approximate surface area is 116 Å². The number of hydrogen-bond acceptors (Lipinski definition) is 3. The van der Waals surface area contributed by atoms with Crippen LogP contribution in [-0.2, 0) is 0 Å². The number of methoxy groups -OCH3 is 1. The monoisotopic (exact) mass is 274 g/mol. The van der Waals surface area contributed by atoms with Gasteiger partial charge in [-0.2, -0.15) is 0 Å². The lowest BCUT2D eigenvalue weighted by molar-refractivity contribution is 0.0993. The maximum absolute atomic E-state index is 13.7. The van der Waals surface area contributed by atoms with Crippen molar-refractivity contribution in [2.24, 2.45) is 0 Å². The summed E-state index contributed by atoms with van der Waals surface area (Å²) in [5.41, 5.74) is 6.62. The molecule has 2 rings (SSSR count). The molecular formula is C15H15FN2O2. The van der Waals surface area contributed by atoms with E-state index in [0.29, 0.717) is 11.3 Å². The number of nitrogens with two attached hydrogens (primary N) is 1. The standard InChI is InChI=1S/C15H15FN2O2/c1-18(14-6-4-3-5-12(14)16)15(19)11-8-7-10(20-2)9-13(11)17/h3-9H,17H2,1-2H3. The van der Waals surface area contributed by atoms with E-state index in [1.165, 1.54) is 31.2 Å². The van der Waals surface area contributed by atoms with E-state index >= 15 is 0 Å². The maximum atomic E-state index is 13.7. The van der Waals surface area contributed by atoms with Gasteiger partial charge in [-0.25, -0.2) is 4.39 Å². The molecule has 0 atom stereocenters. The van der Waals surface area contributed by atoms with Gasteiger partial charge in [0.1, 0.15) is 11.6 Å². The van der Waals surface area contributed by atoms with E-state index < -0.39 is 5.82 Å². The van der Waals surface area contributed by atoms with Crippen LogP contribution in [0, 0.1) is 5.82 Å². The van der Waals surface area contributed by atoms with Gasteiger partial charge >= 0.3 is 0 Å². The van der Waals surface area contributed by atoms with Crippen molar-refractivity contribution in [2.45, 2.75) is 0 Å². The van der Waals surface area contributed by atoms with Crippen molar-refractivity contribution < 1.29 is 13.9 Å². The van der Waals surface area contributed by atoms with Crippen LogP contribution in [0.3, 0.4) is 0 Å². The zero-order valence-electron chi connectivity index (χ0n) is 11.3. The van der Waals surface area contributed by atoms with Crippen LogP contribution >= 0.6 is 0 Å². The number of ether oxygens (including phenoxy) is 1. The van der Waals surface area contributed by atoms with Crippen molar-refractivity contribution >= 4 is 17.3 Å². The van der Waals surface area contributed by atoms with Crippen molar-refractivity contribution in [2.75, 3.05) is 24.8 Å². The summed E-state index contributed by atoms with van der Waals surface area (Å²) in [4.78, 5) is 13.6. The first kappa shape index (κ1) is 13.9. The SMILES string of the molecule is COc1ccc(C(=O)N(C)c2ccccc2F)c(N)c1. The van der Waals surface area contributed by atoms with Crippen LogP contribution in [0.4, 0.5) is 15.8 Å². The van der Waals surface area contributed by atoms with Crippen molar-refractivity contribution in [3.05, 3.63) is 53.8 Å². The van der Waals surface area contributed by atoms with E-state index in [2.05, 4.69) is 0 Å². The molecule has 0 bridgehead atoms. The van der Waals surface area contributed by atoms with Crippen LogP contribution in [0.5, 0.6) is 5.75 Å². The predicted octanol–water partition coefficient (Wildman–Crippen LogP) is 2.69. The maximum Gasteiger partial charge on any atom is 0.260 e. The second-order valence-corrected chi connectivity index (χ2v) is 4.27. The van der Waals surface area contributed by atoms with Crippen LogP contribution in [0.2, 0.25) is 0 Å². The van der Waals surface area contributed by atoms with Crippen molar-refractivity contribution in [3.8, 4) is 5.75 Å². The lowest BCUT2D eigenvalue weighted by Crippen LogP contribution is -2.27. The molecule has 2 aromatic carbocycles. The molecule has 0 aliphatic rings. The molecule has 0 saturated heterocycles. The third-order valence-electron chi connectivity index (χ3n) is 3.01. The number of carbonyl (C=O) groups is 1. The highest BCUT2D eigenvalue weighted by atomic mass is 19.1. The molecule has 0 fully saturated rings. The lowest BCUT2D eigenvalue weighted by Gasteiger charge is -2.19. The number of hydrogen-bond donors (Lipinski definition) is 1. The Bertz CT molecular complexity index is 644. The molecule has 0 heterocycles. The minimum atomic E-state index is -0.463. The topological polar surface area (TPSA) is 55.6 Å².